The number of likely N-dealkylation sites (tertiary alicyclic amines) is 1. The highest BCUT2D eigenvalue weighted by Gasteiger charge is 2.25. The third kappa shape index (κ3) is 5.29. The lowest BCUT2D eigenvalue weighted by molar-refractivity contribution is -0.119. The third-order valence-corrected chi connectivity index (χ3v) is 5.24. The summed E-state index contributed by atoms with van der Waals surface area (Å²) in [5.74, 6) is 0.458. The maximum absolute atomic E-state index is 12.7. The first-order valence-electron chi connectivity index (χ1n) is 9.20. The second-order valence-electron chi connectivity index (χ2n) is 6.90. The van der Waals surface area contributed by atoms with E-state index in [1.807, 2.05) is 29.2 Å². The molecule has 2 amide bonds. The number of nitrogens with one attached hydrogen (secondary N) is 1. The van der Waals surface area contributed by atoms with Crippen LogP contribution in [0.25, 0.3) is 0 Å². The zero-order valence-corrected chi connectivity index (χ0v) is 16.2. The fourth-order valence-electron chi connectivity index (χ4n) is 3.31. The van der Waals surface area contributed by atoms with Gasteiger partial charge in [0, 0.05) is 31.6 Å². The minimum atomic E-state index is -0.0827. The molecule has 1 saturated heterocycles. The van der Waals surface area contributed by atoms with E-state index >= 15 is 0 Å². The Morgan fingerprint density at radius 3 is 2.70 bits per heavy atom. The van der Waals surface area contributed by atoms with Crippen LogP contribution in [-0.4, -0.2) is 51.3 Å². The molecule has 2 heterocycles. The van der Waals surface area contributed by atoms with Gasteiger partial charge in [-0.2, -0.15) is 0 Å². The second kappa shape index (κ2) is 8.99. The number of aromatic nitrogens is 3. The van der Waals surface area contributed by atoms with Crippen molar-refractivity contribution in [3.8, 4) is 0 Å². The van der Waals surface area contributed by atoms with E-state index in [1.54, 1.807) is 10.9 Å². The molecule has 3 rings (SSSR count). The molecule has 1 N–H and O–H groups in total. The highest BCUT2D eigenvalue weighted by Crippen LogP contribution is 2.21. The number of hydrogen-bond donors (Lipinski definition) is 1. The van der Waals surface area contributed by atoms with Crippen LogP contribution in [0.3, 0.4) is 0 Å². The molecule has 0 unspecified atom stereocenters. The fourth-order valence-corrected chi connectivity index (χ4v) is 3.51. The van der Waals surface area contributed by atoms with E-state index in [0.717, 1.165) is 24.8 Å². The molecule has 0 saturated carbocycles. The first-order chi connectivity index (χ1) is 13.0. The molecule has 2 aromatic rings. The molecule has 27 heavy (non-hydrogen) atoms. The fraction of sp³-hybridized carbons (Fsp3) is 0.474. The van der Waals surface area contributed by atoms with Crippen molar-refractivity contribution < 1.29 is 9.59 Å². The second-order valence-corrected chi connectivity index (χ2v) is 7.31. The number of halogens is 1. The topological polar surface area (TPSA) is 80.1 Å². The summed E-state index contributed by atoms with van der Waals surface area (Å²) >= 11 is 6.17. The van der Waals surface area contributed by atoms with Gasteiger partial charge in [-0.05, 0) is 36.8 Å². The molecule has 0 atom stereocenters. The monoisotopic (exact) mass is 389 g/mol. The number of nitrogens with zero attached hydrogens (tertiary/aromatic N) is 4. The van der Waals surface area contributed by atoms with Gasteiger partial charge in [0.25, 0.3) is 5.91 Å². The molecule has 144 valence electrons. The van der Waals surface area contributed by atoms with Gasteiger partial charge in [0.1, 0.15) is 0 Å². The third-order valence-electron chi connectivity index (χ3n) is 4.88. The van der Waals surface area contributed by atoms with Gasteiger partial charge in [-0.25, -0.2) is 4.68 Å². The Balaban J connectivity index is 1.51. The molecule has 1 aromatic carbocycles. The van der Waals surface area contributed by atoms with Gasteiger partial charge >= 0.3 is 0 Å². The van der Waals surface area contributed by atoms with E-state index in [-0.39, 0.29) is 11.8 Å². The van der Waals surface area contributed by atoms with E-state index in [9.17, 15) is 9.59 Å². The van der Waals surface area contributed by atoms with Crippen LogP contribution in [0, 0.1) is 5.92 Å². The van der Waals surface area contributed by atoms with Crippen LogP contribution in [0.1, 0.15) is 42.2 Å². The van der Waals surface area contributed by atoms with Gasteiger partial charge in [-0.15, -0.1) is 5.10 Å². The molecular formula is C19H24ClN5O2. The van der Waals surface area contributed by atoms with Crippen LogP contribution in [0.5, 0.6) is 0 Å². The van der Waals surface area contributed by atoms with Crippen LogP contribution < -0.4 is 5.32 Å². The largest absolute Gasteiger partial charge is 0.356 e. The van der Waals surface area contributed by atoms with Crippen LogP contribution in [-0.2, 0) is 11.3 Å². The number of carbonyl (C=O) groups is 2. The average Bonchev–Trinajstić information content (AvgIpc) is 3.12. The van der Waals surface area contributed by atoms with Crippen molar-refractivity contribution in [2.24, 2.45) is 5.92 Å². The predicted octanol–water partition coefficient (Wildman–Crippen LogP) is 2.36. The number of benzene rings is 1. The van der Waals surface area contributed by atoms with E-state index < -0.39 is 0 Å². The molecule has 1 fully saturated rings. The Morgan fingerprint density at radius 2 is 2.00 bits per heavy atom. The Hall–Kier alpha value is -2.41. The number of carbonyl (C=O) groups excluding carboxylic acids is 2. The first-order valence-corrected chi connectivity index (χ1v) is 9.58. The minimum absolute atomic E-state index is 0.00231. The molecule has 0 aliphatic carbocycles. The maximum atomic E-state index is 12.7. The van der Waals surface area contributed by atoms with Gasteiger partial charge < -0.3 is 10.2 Å². The molecule has 8 heteroatoms. The summed E-state index contributed by atoms with van der Waals surface area (Å²) in [5, 5.41) is 11.6. The van der Waals surface area contributed by atoms with Crippen molar-refractivity contribution in [1.82, 2.24) is 25.2 Å². The summed E-state index contributed by atoms with van der Waals surface area (Å²) < 4.78 is 1.63. The van der Waals surface area contributed by atoms with Crippen molar-refractivity contribution in [3.05, 3.63) is 46.7 Å². The average molecular weight is 390 g/mol. The van der Waals surface area contributed by atoms with E-state index in [1.165, 1.54) is 6.92 Å². The van der Waals surface area contributed by atoms with Crippen molar-refractivity contribution in [1.29, 1.82) is 0 Å². The predicted molar refractivity (Wildman–Crippen MR) is 103 cm³/mol. The standard InChI is InChI=1S/C19H24ClN5O2/c1-14(26)21-9-6-15-7-10-24(11-8-15)19(27)18-13-25(23-22-18)12-16-4-2-3-5-17(16)20/h2-5,13,15H,6-12H2,1H3,(H,21,26). The summed E-state index contributed by atoms with van der Waals surface area (Å²) in [6, 6.07) is 7.55. The van der Waals surface area contributed by atoms with Gasteiger partial charge in [0.2, 0.25) is 5.91 Å². The molecule has 0 spiro atoms. The minimum Gasteiger partial charge on any atom is -0.356 e. The van der Waals surface area contributed by atoms with Crippen LogP contribution in [0.2, 0.25) is 5.02 Å². The quantitative estimate of drug-likeness (QED) is 0.822. The lowest BCUT2D eigenvalue weighted by Gasteiger charge is -2.31. The number of hydrogen-bond acceptors (Lipinski definition) is 4. The Kier molecular flexibility index (Phi) is 6.45. The highest BCUT2D eigenvalue weighted by atomic mass is 35.5. The van der Waals surface area contributed by atoms with Gasteiger partial charge in [-0.1, -0.05) is 35.0 Å². The summed E-state index contributed by atoms with van der Waals surface area (Å²) in [5.41, 5.74) is 1.29. The normalized spacial score (nSPS) is 15.0. The Bertz CT molecular complexity index is 799. The highest BCUT2D eigenvalue weighted by molar-refractivity contribution is 6.31. The zero-order chi connectivity index (χ0) is 19.2. The maximum Gasteiger partial charge on any atom is 0.276 e. The Labute approximate surface area is 163 Å². The van der Waals surface area contributed by atoms with Crippen molar-refractivity contribution in [2.75, 3.05) is 19.6 Å². The van der Waals surface area contributed by atoms with Crippen LogP contribution in [0.4, 0.5) is 0 Å². The smallest absolute Gasteiger partial charge is 0.276 e. The number of rotatable bonds is 6. The van der Waals surface area contributed by atoms with Gasteiger partial charge in [0.05, 0.1) is 12.7 Å². The van der Waals surface area contributed by atoms with Crippen molar-refractivity contribution >= 4 is 23.4 Å². The molecule has 7 nitrogen and oxygen atoms in total. The molecule has 0 radical (unpaired) electrons. The van der Waals surface area contributed by atoms with E-state index in [4.69, 9.17) is 11.6 Å². The van der Waals surface area contributed by atoms with Gasteiger partial charge in [0.15, 0.2) is 5.69 Å². The number of piperidine rings is 1. The summed E-state index contributed by atoms with van der Waals surface area (Å²) in [6.07, 6.45) is 4.52. The van der Waals surface area contributed by atoms with Crippen LogP contribution in [0.15, 0.2) is 30.5 Å². The summed E-state index contributed by atoms with van der Waals surface area (Å²) in [4.78, 5) is 25.4. The SMILES string of the molecule is CC(=O)NCCC1CCN(C(=O)c2cn(Cc3ccccc3Cl)nn2)CC1. The first kappa shape index (κ1) is 19.4. The van der Waals surface area contributed by atoms with E-state index in [2.05, 4.69) is 15.6 Å². The molecule has 1 aliphatic heterocycles. The summed E-state index contributed by atoms with van der Waals surface area (Å²) in [6.45, 7) is 4.12. The summed E-state index contributed by atoms with van der Waals surface area (Å²) in [7, 11) is 0. The number of amides is 2. The lowest BCUT2D eigenvalue weighted by atomic mass is 9.93. The van der Waals surface area contributed by atoms with Crippen LogP contribution >= 0.6 is 11.6 Å². The molecular weight excluding hydrogens is 366 g/mol. The van der Waals surface area contributed by atoms with Crippen molar-refractivity contribution in [3.63, 3.8) is 0 Å². The van der Waals surface area contributed by atoms with E-state index in [0.29, 0.717) is 42.8 Å². The van der Waals surface area contributed by atoms with Crippen molar-refractivity contribution in [2.45, 2.75) is 32.7 Å². The lowest BCUT2D eigenvalue weighted by Crippen LogP contribution is -2.39. The molecule has 1 aromatic heterocycles. The molecule has 0 bridgehead atoms. The zero-order valence-electron chi connectivity index (χ0n) is 15.4. The molecule has 1 aliphatic rings. The van der Waals surface area contributed by atoms with Gasteiger partial charge in [-0.3, -0.25) is 9.59 Å². The Morgan fingerprint density at radius 1 is 1.26 bits per heavy atom.